The molecule has 0 bridgehead atoms. The van der Waals surface area contributed by atoms with Crippen molar-refractivity contribution in [2.24, 2.45) is 17.8 Å². The summed E-state index contributed by atoms with van der Waals surface area (Å²) in [5.41, 5.74) is 0. The van der Waals surface area contributed by atoms with Gasteiger partial charge in [-0.25, -0.2) is 0 Å². The van der Waals surface area contributed by atoms with Crippen LogP contribution >= 0.6 is 0 Å². The van der Waals surface area contributed by atoms with Crippen LogP contribution in [-0.2, 0) is 31.4 Å². The second kappa shape index (κ2) is 12.5. The minimum atomic E-state index is -2.57. The molecule has 0 amide bonds. The van der Waals surface area contributed by atoms with Gasteiger partial charge in [0.15, 0.2) is 0 Å². The van der Waals surface area contributed by atoms with Crippen LogP contribution in [0.15, 0.2) is 0 Å². The highest BCUT2D eigenvalue weighted by molar-refractivity contribution is 6.60. The Balaban J connectivity index is 2.73. The van der Waals surface area contributed by atoms with E-state index in [-0.39, 0.29) is 5.78 Å². The van der Waals surface area contributed by atoms with E-state index in [0.29, 0.717) is 24.2 Å². The van der Waals surface area contributed by atoms with Crippen LogP contribution in [0.4, 0.5) is 0 Å². The van der Waals surface area contributed by atoms with Crippen molar-refractivity contribution in [1.29, 1.82) is 0 Å². The Morgan fingerprint density at radius 1 is 0.714 bits per heavy atom. The van der Waals surface area contributed by atoms with Crippen LogP contribution in [-0.4, -0.2) is 66.1 Å². The third-order valence-corrected chi connectivity index (χ3v) is 11.9. The van der Waals surface area contributed by atoms with E-state index < -0.39 is 17.6 Å². The fourth-order valence-corrected chi connectivity index (χ4v) is 8.24. The molecule has 0 N–H and O–H groups in total. The Labute approximate surface area is 173 Å². The average molecular weight is 437 g/mol. The van der Waals surface area contributed by atoms with Crippen molar-refractivity contribution in [2.75, 3.05) is 42.7 Å². The van der Waals surface area contributed by atoms with E-state index in [1.54, 1.807) is 49.6 Å². The second-order valence-corrected chi connectivity index (χ2v) is 13.9. The number of rotatable bonds is 15. The zero-order valence-electron chi connectivity index (χ0n) is 18.7. The van der Waals surface area contributed by atoms with Gasteiger partial charge < -0.3 is 31.4 Å². The molecule has 166 valence electrons. The standard InChI is InChI=1S/C19H40O7Si2/c1-16(20)8-9-18-14-17(10-12-27(21-2,22-3)23-4)15-19(18)11-13-28(24-5,25-6)26-7/h17-19H,8-15H2,1-7H3. The topological polar surface area (TPSA) is 72.5 Å². The lowest BCUT2D eigenvalue weighted by Crippen LogP contribution is -2.43. The molecule has 1 rings (SSSR count). The summed E-state index contributed by atoms with van der Waals surface area (Å²) in [5, 5.41) is 0. The van der Waals surface area contributed by atoms with E-state index in [9.17, 15) is 4.79 Å². The van der Waals surface area contributed by atoms with Gasteiger partial charge in [-0.1, -0.05) is 0 Å². The Bertz CT molecular complexity index is 439. The maximum atomic E-state index is 11.5. The molecule has 0 spiro atoms. The fourth-order valence-electron chi connectivity index (χ4n) is 4.52. The van der Waals surface area contributed by atoms with Crippen molar-refractivity contribution in [3.63, 3.8) is 0 Å². The van der Waals surface area contributed by atoms with Gasteiger partial charge in [0, 0.05) is 61.2 Å². The summed E-state index contributed by atoms with van der Waals surface area (Å²) < 4.78 is 33.5. The molecule has 28 heavy (non-hydrogen) atoms. The van der Waals surface area contributed by atoms with Gasteiger partial charge in [-0.15, -0.1) is 0 Å². The van der Waals surface area contributed by atoms with E-state index in [1.165, 1.54) is 0 Å². The number of hydrogen-bond acceptors (Lipinski definition) is 7. The summed E-state index contributed by atoms with van der Waals surface area (Å²) in [7, 11) is 4.87. The second-order valence-electron chi connectivity index (χ2n) is 7.77. The minimum Gasteiger partial charge on any atom is -0.377 e. The molecule has 1 aliphatic rings. The highest BCUT2D eigenvalue weighted by Gasteiger charge is 2.43. The molecule has 0 aromatic rings. The van der Waals surface area contributed by atoms with Gasteiger partial charge in [0.05, 0.1) is 0 Å². The van der Waals surface area contributed by atoms with Crippen molar-refractivity contribution >= 4 is 23.4 Å². The number of carbonyl (C=O) groups excluding carboxylic acids is 1. The number of ketones is 1. The average Bonchev–Trinajstić information content (AvgIpc) is 3.11. The maximum Gasteiger partial charge on any atom is 0.500 e. The summed E-state index contributed by atoms with van der Waals surface area (Å²) in [5.74, 6) is 1.97. The van der Waals surface area contributed by atoms with E-state index in [0.717, 1.165) is 44.2 Å². The molecule has 1 fully saturated rings. The number of hydrogen-bond donors (Lipinski definition) is 0. The van der Waals surface area contributed by atoms with Gasteiger partial charge in [0.25, 0.3) is 0 Å². The van der Waals surface area contributed by atoms with E-state index in [1.807, 2.05) is 0 Å². The van der Waals surface area contributed by atoms with Gasteiger partial charge in [0.2, 0.25) is 0 Å². The third kappa shape index (κ3) is 7.28. The largest absolute Gasteiger partial charge is 0.500 e. The highest BCUT2D eigenvalue weighted by Crippen LogP contribution is 2.45. The molecule has 1 aliphatic carbocycles. The van der Waals surface area contributed by atoms with Crippen LogP contribution in [0.25, 0.3) is 0 Å². The van der Waals surface area contributed by atoms with E-state index in [2.05, 4.69) is 0 Å². The van der Waals surface area contributed by atoms with Crippen LogP contribution in [0.1, 0.15) is 45.4 Å². The molecule has 0 aliphatic heterocycles. The van der Waals surface area contributed by atoms with Gasteiger partial charge in [-0.3, -0.25) is 0 Å². The summed E-state index contributed by atoms with van der Waals surface area (Å²) in [4.78, 5) is 11.5. The van der Waals surface area contributed by atoms with Crippen LogP contribution in [0, 0.1) is 17.8 Å². The molecule has 0 aromatic heterocycles. The Kier molecular flexibility index (Phi) is 11.6. The first-order valence-electron chi connectivity index (χ1n) is 10.1. The quantitative estimate of drug-likeness (QED) is 0.364. The molecule has 7 nitrogen and oxygen atoms in total. The molecule has 1 saturated carbocycles. The molecule has 0 saturated heterocycles. The minimum absolute atomic E-state index is 0.265. The highest BCUT2D eigenvalue weighted by atomic mass is 28.4. The Morgan fingerprint density at radius 2 is 1.11 bits per heavy atom. The fraction of sp³-hybridized carbons (Fsp3) is 0.947. The van der Waals surface area contributed by atoms with E-state index >= 15 is 0 Å². The predicted molar refractivity (Wildman–Crippen MR) is 112 cm³/mol. The molecule has 3 unspecified atom stereocenters. The van der Waals surface area contributed by atoms with Crippen molar-refractivity contribution in [3.05, 3.63) is 0 Å². The van der Waals surface area contributed by atoms with Gasteiger partial charge >= 0.3 is 17.6 Å². The zero-order valence-corrected chi connectivity index (χ0v) is 20.7. The SMILES string of the molecule is CO[Si](CCC1CC(CCC(C)=O)C(CC[Si](OC)(OC)OC)C1)(OC)OC. The van der Waals surface area contributed by atoms with Crippen LogP contribution < -0.4 is 0 Å². The predicted octanol–water partition coefficient (Wildman–Crippen LogP) is 3.53. The van der Waals surface area contributed by atoms with Gasteiger partial charge in [-0.05, 0) is 56.8 Å². The summed E-state index contributed by atoms with van der Waals surface area (Å²) in [6.07, 6.45) is 5.92. The monoisotopic (exact) mass is 436 g/mol. The van der Waals surface area contributed by atoms with Crippen molar-refractivity contribution in [2.45, 2.75) is 57.5 Å². The van der Waals surface area contributed by atoms with Gasteiger partial charge in [0.1, 0.15) is 5.78 Å². The first-order valence-corrected chi connectivity index (χ1v) is 14.0. The normalized spacial score (nSPS) is 23.3. The summed E-state index contributed by atoms with van der Waals surface area (Å²) >= 11 is 0. The lowest BCUT2D eigenvalue weighted by Gasteiger charge is -2.27. The Hall–Kier alpha value is -0.136. The third-order valence-electron chi connectivity index (χ3n) is 6.35. The smallest absolute Gasteiger partial charge is 0.377 e. The van der Waals surface area contributed by atoms with Crippen LogP contribution in [0.3, 0.4) is 0 Å². The first kappa shape index (κ1) is 25.9. The molecular weight excluding hydrogens is 396 g/mol. The van der Waals surface area contributed by atoms with E-state index in [4.69, 9.17) is 26.6 Å². The lowest BCUT2D eigenvalue weighted by molar-refractivity contribution is -0.117. The summed E-state index contributed by atoms with van der Waals surface area (Å²) in [6, 6.07) is 1.62. The maximum absolute atomic E-state index is 11.5. The van der Waals surface area contributed by atoms with Gasteiger partial charge in [-0.2, -0.15) is 0 Å². The Morgan fingerprint density at radius 3 is 1.50 bits per heavy atom. The lowest BCUT2D eigenvalue weighted by atomic mass is 9.89. The van der Waals surface area contributed by atoms with Crippen molar-refractivity contribution < 1.29 is 31.4 Å². The summed E-state index contributed by atoms with van der Waals surface area (Å²) in [6.45, 7) is 1.68. The molecular formula is C19H40O7Si2. The number of carbonyl (C=O) groups is 1. The molecule has 0 radical (unpaired) electrons. The first-order chi connectivity index (χ1) is 13.3. The molecule has 0 aromatic carbocycles. The van der Waals surface area contributed by atoms with Crippen LogP contribution in [0.2, 0.25) is 12.1 Å². The number of Topliss-reactive ketones (excluding diaryl/α,β-unsaturated/α-hetero) is 1. The molecule has 9 heteroatoms. The van der Waals surface area contributed by atoms with Crippen molar-refractivity contribution in [1.82, 2.24) is 0 Å². The van der Waals surface area contributed by atoms with Crippen LogP contribution in [0.5, 0.6) is 0 Å². The molecule has 0 heterocycles. The molecule has 3 atom stereocenters. The van der Waals surface area contributed by atoms with Crippen molar-refractivity contribution in [3.8, 4) is 0 Å². The zero-order chi connectivity index (χ0) is 21.2.